The van der Waals surface area contributed by atoms with Crippen LogP contribution in [0.15, 0.2) is 35.7 Å². The average Bonchev–Trinajstić information content (AvgIpc) is 3.48. The highest BCUT2D eigenvalue weighted by Crippen LogP contribution is 2.33. The highest BCUT2D eigenvalue weighted by Gasteiger charge is 2.24. The molecule has 6 nitrogen and oxygen atoms in total. The molecular formula is C26H36N2O4S. The first-order valence-electron chi connectivity index (χ1n) is 12.0. The van der Waals surface area contributed by atoms with Gasteiger partial charge in [-0.2, -0.15) is 0 Å². The standard InChI is InChI=1S/C26H36N2O4S/c1-4-5-6-7-8-11-25(29)28(20(2)3)18-26(30)27(17-22-10-9-14-33-22)16-21-12-13-23-24(15-21)32-19-31-23/h9-10,12-15,20H,4-8,11,16-19H2,1-3H3. The first-order valence-corrected chi connectivity index (χ1v) is 12.8. The lowest BCUT2D eigenvalue weighted by molar-refractivity contribution is -0.142. The molecule has 0 aliphatic carbocycles. The summed E-state index contributed by atoms with van der Waals surface area (Å²) in [5.41, 5.74) is 0.975. The van der Waals surface area contributed by atoms with Gasteiger partial charge in [-0.3, -0.25) is 9.59 Å². The lowest BCUT2D eigenvalue weighted by Crippen LogP contribution is -2.45. The number of unbranched alkanes of at least 4 members (excludes halogenated alkanes) is 4. The molecule has 3 rings (SSSR count). The fraction of sp³-hybridized carbons (Fsp3) is 0.538. The zero-order chi connectivity index (χ0) is 23.6. The lowest BCUT2D eigenvalue weighted by atomic mass is 10.1. The van der Waals surface area contributed by atoms with E-state index >= 15 is 0 Å². The number of carbonyl (C=O) groups is 2. The Labute approximate surface area is 201 Å². The van der Waals surface area contributed by atoms with E-state index < -0.39 is 0 Å². The summed E-state index contributed by atoms with van der Waals surface area (Å²) in [5, 5.41) is 2.01. The van der Waals surface area contributed by atoms with E-state index in [0.717, 1.165) is 35.5 Å². The number of fused-ring (bicyclic) bond motifs is 1. The van der Waals surface area contributed by atoms with Crippen LogP contribution in [0.5, 0.6) is 11.5 Å². The Balaban J connectivity index is 1.66. The second-order valence-corrected chi connectivity index (χ2v) is 9.83. The summed E-state index contributed by atoms with van der Waals surface area (Å²) in [7, 11) is 0. The molecule has 0 saturated heterocycles. The zero-order valence-electron chi connectivity index (χ0n) is 20.0. The van der Waals surface area contributed by atoms with E-state index in [1.807, 2.05) is 54.5 Å². The minimum absolute atomic E-state index is 0.0220. The van der Waals surface area contributed by atoms with Gasteiger partial charge >= 0.3 is 0 Å². The molecule has 0 atom stereocenters. The van der Waals surface area contributed by atoms with Crippen molar-refractivity contribution in [2.24, 2.45) is 0 Å². The van der Waals surface area contributed by atoms with Crippen molar-refractivity contribution in [3.63, 3.8) is 0 Å². The molecule has 0 radical (unpaired) electrons. The van der Waals surface area contributed by atoms with Crippen molar-refractivity contribution in [1.29, 1.82) is 0 Å². The van der Waals surface area contributed by atoms with Gasteiger partial charge in [0, 0.05) is 23.9 Å². The first-order chi connectivity index (χ1) is 16.0. The summed E-state index contributed by atoms with van der Waals surface area (Å²) in [6.45, 7) is 7.42. The third-order valence-electron chi connectivity index (χ3n) is 5.83. The molecule has 2 heterocycles. The predicted octanol–water partition coefficient (Wildman–Crippen LogP) is 5.60. The third-order valence-corrected chi connectivity index (χ3v) is 6.69. The highest BCUT2D eigenvalue weighted by molar-refractivity contribution is 7.09. The Morgan fingerprint density at radius 3 is 2.52 bits per heavy atom. The molecule has 33 heavy (non-hydrogen) atoms. The Morgan fingerprint density at radius 2 is 1.79 bits per heavy atom. The number of ether oxygens (including phenoxy) is 2. The molecule has 1 aliphatic heterocycles. The van der Waals surface area contributed by atoms with E-state index in [0.29, 0.717) is 25.3 Å². The molecular weight excluding hydrogens is 436 g/mol. The van der Waals surface area contributed by atoms with Gasteiger partial charge in [0.05, 0.1) is 13.1 Å². The van der Waals surface area contributed by atoms with E-state index in [1.165, 1.54) is 12.8 Å². The summed E-state index contributed by atoms with van der Waals surface area (Å²) in [6.07, 6.45) is 6.00. The number of thiophene rings is 1. The highest BCUT2D eigenvalue weighted by atomic mass is 32.1. The molecule has 2 aromatic rings. The number of rotatable bonds is 13. The predicted molar refractivity (Wildman–Crippen MR) is 131 cm³/mol. The fourth-order valence-electron chi connectivity index (χ4n) is 3.91. The van der Waals surface area contributed by atoms with Crippen LogP contribution < -0.4 is 9.47 Å². The van der Waals surface area contributed by atoms with Gasteiger partial charge in [0.2, 0.25) is 18.6 Å². The summed E-state index contributed by atoms with van der Waals surface area (Å²) >= 11 is 1.63. The van der Waals surface area contributed by atoms with Gasteiger partial charge in [-0.05, 0) is 49.4 Å². The molecule has 0 fully saturated rings. The van der Waals surface area contributed by atoms with Crippen LogP contribution in [0.25, 0.3) is 0 Å². The summed E-state index contributed by atoms with van der Waals surface area (Å²) in [6, 6.07) is 9.78. The van der Waals surface area contributed by atoms with Gasteiger partial charge in [0.1, 0.15) is 0 Å². The molecule has 0 unspecified atom stereocenters. The number of hydrogen-bond donors (Lipinski definition) is 0. The molecule has 0 saturated carbocycles. The van der Waals surface area contributed by atoms with Crippen molar-refractivity contribution < 1.29 is 19.1 Å². The molecule has 1 aromatic heterocycles. The summed E-state index contributed by atoms with van der Waals surface area (Å²) in [5.74, 6) is 1.45. The number of benzene rings is 1. The van der Waals surface area contributed by atoms with Crippen molar-refractivity contribution in [3.05, 3.63) is 46.2 Å². The SMILES string of the molecule is CCCCCCCC(=O)N(CC(=O)N(Cc1ccc2c(c1)OCO2)Cc1cccs1)C(C)C. The Morgan fingerprint density at radius 1 is 1.00 bits per heavy atom. The largest absolute Gasteiger partial charge is 0.454 e. The van der Waals surface area contributed by atoms with E-state index in [-0.39, 0.29) is 31.2 Å². The summed E-state index contributed by atoms with van der Waals surface area (Å²) < 4.78 is 10.9. The smallest absolute Gasteiger partial charge is 0.242 e. The summed E-state index contributed by atoms with van der Waals surface area (Å²) in [4.78, 5) is 31.0. The van der Waals surface area contributed by atoms with E-state index in [1.54, 1.807) is 16.2 Å². The van der Waals surface area contributed by atoms with Crippen molar-refractivity contribution in [3.8, 4) is 11.5 Å². The molecule has 2 amide bonds. The van der Waals surface area contributed by atoms with Gasteiger partial charge in [0.25, 0.3) is 0 Å². The van der Waals surface area contributed by atoms with Crippen molar-refractivity contribution >= 4 is 23.2 Å². The maximum Gasteiger partial charge on any atom is 0.242 e. The Bertz CT molecular complexity index is 898. The average molecular weight is 473 g/mol. The first kappa shape index (κ1) is 25.1. The van der Waals surface area contributed by atoms with Crippen LogP contribution in [-0.4, -0.2) is 41.0 Å². The number of carbonyl (C=O) groups excluding carboxylic acids is 2. The Hall–Kier alpha value is -2.54. The van der Waals surface area contributed by atoms with E-state index in [4.69, 9.17) is 9.47 Å². The molecule has 1 aliphatic rings. The number of nitrogens with zero attached hydrogens (tertiary/aromatic N) is 2. The molecule has 1 aromatic carbocycles. The van der Waals surface area contributed by atoms with Crippen LogP contribution >= 0.6 is 11.3 Å². The lowest BCUT2D eigenvalue weighted by Gasteiger charge is -2.30. The molecule has 0 spiro atoms. The van der Waals surface area contributed by atoms with E-state index in [2.05, 4.69) is 6.92 Å². The zero-order valence-corrected chi connectivity index (χ0v) is 20.9. The van der Waals surface area contributed by atoms with Crippen LogP contribution in [0, 0.1) is 0 Å². The van der Waals surface area contributed by atoms with Gasteiger partial charge in [-0.15, -0.1) is 11.3 Å². The van der Waals surface area contributed by atoms with E-state index in [9.17, 15) is 9.59 Å². The fourth-order valence-corrected chi connectivity index (χ4v) is 4.63. The van der Waals surface area contributed by atoms with Gasteiger partial charge < -0.3 is 19.3 Å². The maximum atomic E-state index is 13.4. The number of amides is 2. The minimum Gasteiger partial charge on any atom is -0.454 e. The van der Waals surface area contributed by atoms with Crippen LogP contribution in [0.4, 0.5) is 0 Å². The normalized spacial score (nSPS) is 12.2. The van der Waals surface area contributed by atoms with Crippen LogP contribution in [-0.2, 0) is 22.7 Å². The van der Waals surface area contributed by atoms with Crippen molar-refractivity contribution in [1.82, 2.24) is 9.80 Å². The topological polar surface area (TPSA) is 59.1 Å². The van der Waals surface area contributed by atoms with Crippen molar-refractivity contribution in [2.45, 2.75) is 78.4 Å². The van der Waals surface area contributed by atoms with Crippen LogP contribution in [0.3, 0.4) is 0 Å². The second kappa shape index (κ2) is 12.6. The quantitative estimate of drug-likeness (QED) is 0.356. The molecule has 180 valence electrons. The van der Waals surface area contributed by atoms with Gasteiger partial charge in [-0.1, -0.05) is 44.7 Å². The third kappa shape index (κ3) is 7.49. The minimum atomic E-state index is -0.0471. The van der Waals surface area contributed by atoms with Gasteiger partial charge in [-0.25, -0.2) is 0 Å². The van der Waals surface area contributed by atoms with Crippen LogP contribution in [0.1, 0.15) is 69.7 Å². The number of hydrogen-bond acceptors (Lipinski definition) is 5. The molecule has 0 bridgehead atoms. The second-order valence-electron chi connectivity index (χ2n) is 8.80. The monoisotopic (exact) mass is 472 g/mol. The Kier molecular flexibility index (Phi) is 9.61. The maximum absolute atomic E-state index is 13.4. The van der Waals surface area contributed by atoms with Crippen LogP contribution in [0.2, 0.25) is 0 Å². The molecule has 0 N–H and O–H groups in total. The van der Waals surface area contributed by atoms with Gasteiger partial charge in [0.15, 0.2) is 11.5 Å². The molecule has 7 heteroatoms. The van der Waals surface area contributed by atoms with Crippen molar-refractivity contribution in [2.75, 3.05) is 13.3 Å².